The first-order chi connectivity index (χ1) is 7.90. The molecular weight excluding hydrogens is 194 g/mol. The van der Waals surface area contributed by atoms with Crippen LogP contribution < -0.4 is 5.32 Å². The van der Waals surface area contributed by atoms with Gasteiger partial charge in [-0.05, 0) is 43.2 Å². The standard InChI is InChI=1S/C15H21N/c1-2-16-15-13-9-8-12(10-13)14(15)11-6-4-3-5-7-11/h3-7,12-16H,2,8-10H2,1H3/t12-,13+,14-,15+/m0/s1. The summed E-state index contributed by atoms with van der Waals surface area (Å²) < 4.78 is 0. The maximum atomic E-state index is 3.72. The van der Waals surface area contributed by atoms with Crippen molar-refractivity contribution < 1.29 is 0 Å². The fraction of sp³-hybridized carbons (Fsp3) is 0.600. The largest absolute Gasteiger partial charge is 0.313 e. The summed E-state index contributed by atoms with van der Waals surface area (Å²) in [5.74, 6) is 2.66. The molecule has 2 saturated carbocycles. The van der Waals surface area contributed by atoms with Crippen LogP contribution in [0.15, 0.2) is 30.3 Å². The lowest BCUT2D eigenvalue weighted by atomic mass is 9.80. The van der Waals surface area contributed by atoms with Gasteiger partial charge in [-0.15, -0.1) is 0 Å². The molecule has 0 unspecified atom stereocenters. The third-order valence-corrected chi connectivity index (χ3v) is 4.54. The summed E-state index contributed by atoms with van der Waals surface area (Å²) in [6.07, 6.45) is 4.36. The van der Waals surface area contributed by atoms with Crippen molar-refractivity contribution in [2.45, 2.75) is 38.1 Å². The normalized spacial score (nSPS) is 36.8. The topological polar surface area (TPSA) is 12.0 Å². The maximum absolute atomic E-state index is 3.72. The van der Waals surface area contributed by atoms with Gasteiger partial charge in [0.2, 0.25) is 0 Å². The number of likely N-dealkylation sites (N-methyl/N-ethyl adjacent to an activating group) is 1. The molecule has 2 aliphatic carbocycles. The van der Waals surface area contributed by atoms with E-state index in [0.29, 0.717) is 0 Å². The molecule has 1 nitrogen and oxygen atoms in total. The zero-order valence-electron chi connectivity index (χ0n) is 10.0. The summed E-state index contributed by atoms with van der Waals surface area (Å²) in [4.78, 5) is 0. The first kappa shape index (κ1) is 10.3. The van der Waals surface area contributed by atoms with E-state index < -0.39 is 0 Å². The minimum absolute atomic E-state index is 0.742. The molecule has 0 saturated heterocycles. The van der Waals surface area contributed by atoms with E-state index in [9.17, 15) is 0 Å². The van der Waals surface area contributed by atoms with E-state index >= 15 is 0 Å². The lowest BCUT2D eigenvalue weighted by Crippen LogP contribution is -2.39. The fourth-order valence-electron chi connectivity index (χ4n) is 3.98. The van der Waals surface area contributed by atoms with E-state index in [2.05, 4.69) is 42.6 Å². The molecule has 0 spiro atoms. The minimum atomic E-state index is 0.742. The number of rotatable bonds is 3. The highest BCUT2D eigenvalue weighted by atomic mass is 14.9. The molecule has 2 aliphatic rings. The van der Waals surface area contributed by atoms with Gasteiger partial charge < -0.3 is 5.32 Å². The van der Waals surface area contributed by atoms with Crippen molar-refractivity contribution in [3.05, 3.63) is 35.9 Å². The Balaban J connectivity index is 1.88. The van der Waals surface area contributed by atoms with Crippen LogP contribution in [0.5, 0.6) is 0 Å². The Labute approximate surface area is 98.3 Å². The molecule has 1 heteroatoms. The van der Waals surface area contributed by atoms with Crippen LogP contribution in [0.4, 0.5) is 0 Å². The highest BCUT2D eigenvalue weighted by Gasteiger charge is 2.47. The summed E-state index contributed by atoms with van der Waals surface area (Å²) in [5, 5.41) is 3.72. The quantitative estimate of drug-likeness (QED) is 0.816. The van der Waals surface area contributed by atoms with Gasteiger partial charge in [-0.1, -0.05) is 37.3 Å². The number of fused-ring (bicyclic) bond motifs is 2. The molecule has 0 heterocycles. The molecule has 4 atom stereocenters. The Morgan fingerprint density at radius 3 is 2.62 bits per heavy atom. The van der Waals surface area contributed by atoms with Gasteiger partial charge in [0, 0.05) is 12.0 Å². The Kier molecular flexibility index (Phi) is 2.72. The molecule has 1 N–H and O–H groups in total. The Hall–Kier alpha value is -0.820. The van der Waals surface area contributed by atoms with Gasteiger partial charge in [-0.3, -0.25) is 0 Å². The maximum Gasteiger partial charge on any atom is 0.0167 e. The van der Waals surface area contributed by atoms with E-state index in [0.717, 1.165) is 30.3 Å². The van der Waals surface area contributed by atoms with Crippen molar-refractivity contribution in [2.75, 3.05) is 6.54 Å². The van der Waals surface area contributed by atoms with E-state index in [1.165, 1.54) is 19.3 Å². The van der Waals surface area contributed by atoms with Gasteiger partial charge in [0.1, 0.15) is 0 Å². The third-order valence-electron chi connectivity index (χ3n) is 4.54. The van der Waals surface area contributed by atoms with Crippen molar-refractivity contribution in [1.82, 2.24) is 5.32 Å². The van der Waals surface area contributed by atoms with Crippen LogP contribution in [-0.4, -0.2) is 12.6 Å². The van der Waals surface area contributed by atoms with Gasteiger partial charge in [-0.2, -0.15) is 0 Å². The Morgan fingerprint density at radius 1 is 1.12 bits per heavy atom. The van der Waals surface area contributed by atoms with Crippen LogP contribution >= 0.6 is 0 Å². The van der Waals surface area contributed by atoms with Crippen LogP contribution in [0.3, 0.4) is 0 Å². The van der Waals surface area contributed by atoms with E-state index in [4.69, 9.17) is 0 Å². The predicted octanol–water partition coefficient (Wildman–Crippen LogP) is 3.18. The molecule has 0 aromatic heterocycles. The Bertz CT molecular complexity index is 346. The summed E-state index contributed by atoms with van der Waals surface area (Å²) in [7, 11) is 0. The van der Waals surface area contributed by atoms with Gasteiger partial charge in [0.15, 0.2) is 0 Å². The number of benzene rings is 1. The fourth-order valence-corrected chi connectivity index (χ4v) is 3.98. The summed E-state index contributed by atoms with van der Waals surface area (Å²) in [6, 6.07) is 11.9. The molecule has 86 valence electrons. The van der Waals surface area contributed by atoms with E-state index in [-0.39, 0.29) is 0 Å². The zero-order chi connectivity index (χ0) is 11.0. The van der Waals surface area contributed by atoms with Gasteiger partial charge in [0.25, 0.3) is 0 Å². The van der Waals surface area contributed by atoms with Crippen molar-refractivity contribution >= 4 is 0 Å². The summed E-state index contributed by atoms with van der Waals surface area (Å²) >= 11 is 0. The average Bonchev–Trinajstić information content (AvgIpc) is 2.91. The van der Waals surface area contributed by atoms with Gasteiger partial charge >= 0.3 is 0 Å². The van der Waals surface area contributed by atoms with Crippen LogP contribution in [0.2, 0.25) is 0 Å². The van der Waals surface area contributed by atoms with Crippen molar-refractivity contribution in [2.24, 2.45) is 11.8 Å². The molecule has 16 heavy (non-hydrogen) atoms. The van der Waals surface area contributed by atoms with Crippen molar-refractivity contribution in [1.29, 1.82) is 0 Å². The van der Waals surface area contributed by atoms with Crippen LogP contribution in [0.25, 0.3) is 0 Å². The third kappa shape index (κ3) is 1.58. The van der Waals surface area contributed by atoms with E-state index in [1.54, 1.807) is 5.56 Å². The van der Waals surface area contributed by atoms with Crippen molar-refractivity contribution in [3.63, 3.8) is 0 Å². The predicted molar refractivity (Wildman–Crippen MR) is 67.5 cm³/mol. The summed E-state index contributed by atoms with van der Waals surface area (Å²) in [5.41, 5.74) is 1.56. The average molecular weight is 215 g/mol. The van der Waals surface area contributed by atoms with Gasteiger partial charge in [-0.25, -0.2) is 0 Å². The first-order valence-corrected chi connectivity index (χ1v) is 6.68. The highest BCUT2D eigenvalue weighted by Crippen LogP contribution is 2.52. The second-order valence-corrected chi connectivity index (χ2v) is 5.35. The van der Waals surface area contributed by atoms with Crippen LogP contribution in [0.1, 0.15) is 37.7 Å². The monoisotopic (exact) mass is 215 g/mol. The molecule has 2 fully saturated rings. The van der Waals surface area contributed by atoms with E-state index in [1.807, 2.05) is 0 Å². The second kappa shape index (κ2) is 4.21. The molecule has 0 amide bonds. The molecule has 0 radical (unpaired) electrons. The molecule has 0 aliphatic heterocycles. The smallest absolute Gasteiger partial charge is 0.0167 e. The van der Waals surface area contributed by atoms with Crippen molar-refractivity contribution in [3.8, 4) is 0 Å². The molecule has 1 aromatic carbocycles. The van der Waals surface area contributed by atoms with Gasteiger partial charge in [0.05, 0.1) is 0 Å². The SMILES string of the molecule is CCN[C@@H]1[C@@H]2CC[C@@H](C2)[C@@H]1c1ccccc1. The lowest BCUT2D eigenvalue weighted by molar-refractivity contribution is 0.315. The number of nitrogens with one attached hydrogen (secondary N) is 1. The van der Waals surface area contributed by atoms with Crippen LogP contribution in [-0.2, 0) is 0 Å². The number of hydrogen-bond donors (Lipinski definition) is 1. The number of hydrogen-bond acceptors (Lipinski definition) is 1. The summed E-state index contributed by atoms with van der Waals surface area (Å²) in [6.45, 7) is 3.34. The highest BCUT2D eigenvalue weighted by molar-refractivity contribution is 5.26. The molecule has 2 bridgehead atoms. The van der Waals surface area contributed by atoms with Crippen LogP contribution in [0, 0.1) is 11.8 Å². The molecule has 3 rings (SSSR count). The molecule has 1 aromatic rings. The Morgan fingerprint density at radius 2 is 1.88 bits per heavy atom. The molecular formula is C15H21N. The zero-order valence-corrected chi connectivity index (χ0v) is 10.0. The second-order valence-electron chi connectivity index (χ2n) is 5.35. The first-order valence-electron chi connectivity index (χ1n) is 6.68. The minimum Gasteiger partial charge on any atom is -0.313 e. The lowest BCUT2D eigenvalue weighted by Gasteiger charge is -2.32.